The van der Waals surface area contributed by atoms with E-state index in [1.807, 2.05) is 0 Å². The molecular weight excluding hydrogens is 362 g/mol. The van der Waals surface area contributed by atoms with E-state index in [0.29, 0.717) is 16.8 Å². The van der Waals surface area contributed by atoms with Crippen LogP contribution in [0.4, 0.5) is 11.4 Å². The zero-order chi connectivity index (χ0) is 20.5. The maximum Gasteiger partial charge on any atom is 0.303 e. The van der Waals surface area contributed by atoms with Crippen LogP contribution in [0.1, 0.15) is 24.0 Å². The summed E-state index contributed by atoms with van der Waals surface area (Å²) in [4.78, 5) is 38.8. The zero-order valence-corrected chi connectivity index (χ0v) is 15.1. The van der Waals surface area contributed by atoms with Gasteiger partial charge in [-0.2, -0.15) is 0 Å². The Kier molecular flexibility index (Phi) is 7.21. The molecular formula is C19H21N5O4. The van der Waals surface area contributed by atoms with Gasteiger partial charge in [-0.15, -0.1) is 0 Å². The fraction of sp³-hybridized carbons (Fsp3) is 0.211. The Morgan fingerprint density at radius 1 is 1.11 bits per heavy atom. The molecule has 0 spiro atoms. The number of anilines is 2. The molecule has 0 saturated carbocycles. The molecule has 0 saturated heterocycles. The van der Waals surface area contributed by atoms with E-state index in [-0.39, 0.29) is 31.6 Å². The Bertz CT molecular complexity index is 880. The lowest BCUT2D eigenvalue weighted by Crippen LogP contribution is -2.25. The largest absolute Gasteiger partial charge is 0.481 e. The van der Waals surface area contributed by atoms with Gasteiger partial charge in [0.25, 0.3) is 5.91 Å². The Labute approximate surface area is 161 Å². The van der Waals surface area contributed by atoms with Gasteiger partial charge in [-0.3, -0.25) is 24.8 Å². The van der Waals surface area contributed by atoms with E-state index in [4.69, 9.17) is 16.2 Å². The maximum atomic E-state index is 12.1. The second-order valence-corrected chi connectivity index (χ2v) is 5.97. The Balaban J connectivity index is 1.85. The number of carbonyl (C=O) groups excluding carboxylic acids is 2. The summed E-state index contributed by atoms with van der Waals surface area (Å²) < 4.78 is 0. The van der Waals surface area contributed by atoms with Crippen LogP contribution in [0.3, 0.4) is 0 Å². The molecule has 6 N–H and O–H groups in total. The summed E-state index contributed by atoms with van der Waals surface area (Å²) in [6.07, 6.45) is 3.00. The van der Waals surface area contributed by atoms with Crippen molar-refractivity contribution in [1.82, 2.24) is 4.98 Å². The van der Waals surface area contributed by atoms with Crippen LogP contribution >= 0.6 is 0 Å². The highest BCUT2D eigenvalue weighted by atomic mass is 16.4. The van der Waals surface area contributed by atoms with Crippen molar-refractivity contribution in [3.8, 4) is 0 Å². The molecule has 1 aromatic carbocycles. The number of amidine groups is 1. The predicted octanol–water partition coefficient (Wildman–Crippen LogP) is 1.39. The summed E-state index contributed by atoms with van der Waals surface area (Å²) in [5, 5.41) is 21.7. The van der Waals surface area contributed by atoms with Crippen LogP contribution in [0.2, 0.25) is 0 Å². The average Bonchev–Trinajstić information content (AvgIpc) is 2.67. The van der Waals surface area contributed by atoms with Gasteiger partial charge in [0.2, 0.25) is 5.78 Å². The molecule has 1 aromatic heterocycles. The van der Waals surface area contributed by atoms with Gasteiger partial charge in [-0.25, -0.2) is 0 Å². The summed E-state index contributed by atoms with van der Waals surface area (Å²) in [6, 6.07) is 8.35. The van der Waals surface area contributed by atoms with Gasteiger partial charge in [0.05, 0.1) is 0 Å². The molecule has 2 rings (SSSR count). The summed E-state index contributed by atoms with van der Waals surface area (Å²) in [5.41, 5.74) is 7.65. The normalized spacial score (nSPS) is 10.1. The van der Waals surface area contributed by atoms with Crippen molar-refractivity contribution in [2.45, 2.75) is 19.3 Å². The number of Topliss-reactive ketones (excluding diaryl/α,β-unsaturated/α-hetero) is 1. The Morgan fingerprint density at radius 3 is 2.46 bits per heavy atom. The number of aryl methyl sites for hydroxylation is 1. The molecule has 9 heteroatoms. The van der Waals surface area contributed by atoms with Gasteiger partial charge in [0.1, 0.15) is 5.84 Å². The number of carboxylic acid groups (broad SMARTS) is 1. The molecule has 1 heterocycles. The van der Waals surface area contributed by atoms with Crippen molar-refractivity contribution >= 4 is 34.9 Å². The average molecular weight is 383 g/mol. The first-order valence-corrected chi connectivity index (χ1v) is 8.54. The Morgan fingerprint density at radius 2 is 1.82 bits per heavy atom. The maximum absolute atomic E-state index is 12.1. The topological polar surface area (TPSA) is 158 Å². The van der Waals surface area contributed by atoms with Crippen molar-refractivity contribution in [2.24, 2.45) is 5.73 Å². The number of nitrogens with zero attached hydrogens (tertiary/aromatic N) is 1. The number of carboxylic acids is 1. The first-order chi connectivity index (χ1) is 13.4. The van der Waals surface area contributed by atoms with E-state index in [1.54, 1.807) is 24.3 Å². The molecule has 1 amide bonds. The van der Waals surface area contributed by atoms with Gasteiger partial charge in [-0.05, 0) is 42.3 Å². The molecule has 28 heavy (non-hydrogen) atoms. The number of rotatable bonds is 10. The second kappa shape index (κ2) is 9.81. The molecule has 2 aromatic rings. The van der Waals surface area contributed by atoms with Gasteiger partial charge >= 0.3 is 5.97 Å². The molecule has 0 radical (unpaired) electrons. The van der Waals surface area contributed by atoms with Crippen LogP contribution < -0.4 is 16.4 Å². The third kappa shape index (κ3) is 6.20. The predicted molar refractivity (Wildman–Crippen MR) is 104 cm³/mol. The van der Waals surface area contributed by atoms with Crippen LogP contribution in [0, 0.1) is 5.41 Å². The first-order valence-electron chi connectivity index (χ1n) is 8.54. The molecule has 9 nitrogen and oxygen atoms in total. The van der Waals surface area contributed by atoms with Crippen LogP contribution in [-0.4, -0.2) is 40.1 Å². The van der Waals surface area contributed by atoms with Crippen LogP contribution in [0.15, 0.2) is 42.7 Å². The minimum atomic E-state index is -0.959. The number of nitrogen functional groups attached to an aromatic ring is 1. The molecule has 0 unspecified atom stereocenters. The number of amides is 1. The van der Waals surface area contributed by atoms with Crippen molar-refractivity contribution < 1.29 is 19.5 Å². The second-order valence-electron chi connectivity index (χ2n) is 5.97. The summed E-state index contributed by atoms with van der Waals surface area (Å²) in [5.74, 6) is -2.36. The number of nitrogens with two attached hydrogens (primary N) is 1. The number of hydrogen-bond donors (Lipinski definition) is 5. The summed E-state index contributed by atoms with van der Waals surface area (Å²) in [7, 11) is 0. The van der Waals surface area contributed by atoms with E-state index in [2.05, 4.69) is 15.6 Å². The number of hydrogen-bond acceptors (Lipinski definition) is 6. The zero-order valence-electron chi connectivity index (χ0n) is 15.1. The fourth-order valence-corrected chi connectivity index (χ4v) is 2.38. The highest BCUT2D eigenvalue weighted by molar-refractivity contribution is 6.40. The number of pyridine rings is 1. The number of benzene rings is 1. The molecule has 0 atom stereocenters. The van der Waals surface area contributed by atoms with Crippen molar-refractivity contribution in [3.63, 3.8) is 0 Å². The quantitative estimate of drug-likeness (QED) is 0.235. The van der Waals surface area contributed by atoms with Crippen LogP contribution in [0.25, 0.3) is 0 Å². The third-order valence-electron chi connectivity index (χ3n) is 3.89. The lowest BCUT2D eigenvalue weighted by atomic mass is 10.1. The van der Waals surface area contributed by atoms with Gasteiger partial charge in [0, 0.05) is 48.7 Å². The fourth-order valence-electron chi connectivity index (χ4n) is 2.38. The number of ketones is 1. The highest BCUT2D eigenvalue weighted by Crippen LogP contribution is 2.16. The van der Waals surface area contributed by atoms with E-state index in [0.717, 1.165) is 5.69 Å². The monoisotopic (exact) mass is 383 g/mol. The third-order valence-corrected chi connectivity index (χ3v) is 3.89. The van der Waals surface area contributed by atoms with Crippen LogP contribution in [-0.2, 0) is 20.8 Å². The van der Waals surface area contributed by atoms with Crippen molar-refractivity contribution in [1.29, 1.82) is 5.41 Å². The van der Waals surface area contributed by atoms with Crippen molar-refractivity contribution in [3.05, 3.63) is 53.9 Å². The lowest BCUT2D eigenvalue weighted by molar-refractivity contribution is -0.137. The SMILES string of the molecule is N=C(N)c1ccc(NCCC(=O)C(=O)Nc2ccncc2CCC(=O)O)cc1. The van der Waals surface area contributed by atoms with E-state index in [1.165, 1.54) is 18.5 Å². The van der Waals surface area contributed by atoms with Crippen LogP contribution in [0.5, 0.6) is 0 Å². The molecule has 0 aliphatic carbocycles. The number of aliphatic carboxylic acids is 1. The molecule has 0 aliphatic heterocycles. The summed E-state index contributed by atoms with van der Waals surface area (Å²) in [6.45, 7) is 0.258. The molecule has 0 fully saturated rings. The molecule has 0 aliphatic rings. The van der Waals surface area contributed by atoms with E-state index < -0.39 is 17.7 Å². The number of nitrogens with one attached hydrogen (secondary N) is 3. The Hall–Kier alpha value is -3.75. The lowest BCUT2D eigenvalue weighted by Gasteiger charge is -2.10. The van der Waals surface area contributed by atoms with Gasteiger partial charge in [0.15, 0.2) is 0 Å². The summed E-state index contributed by atoms with van der Waals surface area (Å²) >= 11 is 0. The van der Waals surface area contributed by atoms with E-state index >= 15 is 0 Å². The molecule has 0 bridgehead atoms. The van der Waals surface area contributed by atoms with Gasteiger partial charge in [-0.1, -0.05) is 0 Å². The minimum absolute atomic E-state index is 0.0180. The van der Waals surface area contributed by atoms with E-state index in [9.17, 15) is 14.4 Å². The number of carbonyl (C=O) groups is 3. The molecule has 146 valence electrons. The standard InChI is InChI=1S/C19H21N5O4/c20-18(21)12-1-4-14(5-2-12)23-10-8-16(25)19(28)24-15-7-9-22-11-13(15)3-6-17(26)27/h1-2,4-5,7,9,11,23H,3,6,8,10H2,(H3,20,21)(H,26,27)(H,22,24,28). The smallest absolute Gasteiger partial charge is 0.303 e. The van der Waals surface area contributed by atoms with Gasteiger partial charge < -0.3 is 21.5 Å². The highest BCUT2D eigenvalue weighted by Gasteiger charge is 2.15. The number of aromatic nitrogens is 1. The minimum Gasteiger partial charge on any atom is -0.481 e. The first kappa shape index (κ1) is 20.6. The van der Waals surface area contributed by atoms with Crippen molar-refractivity contribution in [2.75, 3.05) is 17.2 Å².